The first kappa shape index (κ1) is 32.5. The second-order valence-electron chi connectivity index (χ2n) is 17.5. The van der Waals surface area contributed by atoms with Gasteiger partial charge >= 0.3 is 0 Å². The lowest BCUT2D eigenvalue weighted by atomic mass is 9.32. The van der Waals surface area contributed by atoms with Crippen LogP contribution in [0.5, 0.6) is 0 Å². The van der Waals surface area contributed by atoms with Crippen molar-refractivity contribution in [3.05, 3.63) is 158 Å². The fourth-order valence-corrected chi connectivity index (χ4v) is 16.9. The fourth-order valence-electron chi connectivity index (χ4n) is 12.2. The number of benzene rings is 9. The van der Waals surface area contributed by atoms with Crippen molar-refractivity contribution < 1.29 is 0 Å². The van der Waals surface area contributed by atoms with Crippen molar-refractivity contribution in [2.45, 2.75) is 19.6 Å². The maximum absolute atomic E-state index is 2.65. The van der Waals surface area contributed by atoms with Gasteiger partial charge in [0.1, 0.15) is 0 Å². The molecule has 9 aromatic carbocycles. The van der Waals surface area contributed by atoms with Crippen LogP contribution in [0.15, 0.2) is 177 Å². The van der Waals surface area contributed by atoms with Crippen molar-refractivity contribution in [2.24, 2.45) is 0 Å². The molecule has 0 amide bonds. The molecule has 4 aromatic heterocycles. The zero-order valence-corrected chi connectivity index (χ0v) is 36.0. The lowest BCUT2D eigenvalue weighted by Crippen LogP contribution is -2.62. The number of aromatic nitrogens is 2. The zero-order chi connectivity index (χ0) is 39.7. The molecular formula is C54H26B2N2S4. The largest absolute Gasteiger partial charge is 0.310 e. The van der Waals surface area contributed by atoms with E-state index in [-0.39, 0.29) is 13.4 Å². The van der Waals surface area contributed by atoms with Gasteiger partial charge in [-0.05, 0) is 88.6 Å². The Kier molecular flexibility index (Phi) is 5.81. The van der Waals surface area contributed by atoms with E-state index in [0.717, 1.165) is 0 Å². The lowest BCUT2D eigenvalue weighted by molar-refractivity contribution is 1.17. The molecule has 4 aliphatic heterocycles. The first-order valence-electron chi connectivity index (χ1n) is 21.3. The molecule has 13 aromatic rings. The van der Waals surface area contributed by atoms with Crippen LogP contribution in [0.2, 0.25) is 0 Å². The minimum absolute atomic E-state index is 0.139. The molecule has 4 aliphatic rings. The van der Waals surface area contributed by atoms with E-state index in [1.54, 1.807) is 0 Å². The Morgan fingerprint density at radius 3 is 1.31 bits per heavy atom. The Morgan fingerprint density at radius 1 is 0.323 bits per heavy atom. The van der Waals surface area contributed by atoms with E-state index in [4.69, 9.17) is 0 Å². The number of para-hydroxylation sites is 2. The predicted octanol–water partition coefficient (Wildman–Crippen LogP) is 11.2. The third-order valence-electron chi connectivity index (χ3n) is 14.6. The average Bonchev–Trinajstić information content (AvgIpc) is 4.05. The van der Waals surface area contributed by atoms with Crippen molar-refractivity contribution in [3.8, 4) is 11.4 Å². The number of nitrogens with zero attached hydrogens (tertiary/aromatic N) is 2. The summed E-state index contributed by atoms with van der Waals surface area (Å²) < 4.78 is 10.6. The maximum Gasteiger partial charge on any atom is 0.249 e. The van der Waals surface area contributed by atoms with Gasteiger partial charge in [0.2, 0.25) is 13.4 Å². The lowest BCUT2D eigenvalue weighted by Gasteiger charge is -2.36. The maximum atomic E-state index is 2.65. The summed E-state index contributed by atoms with van der Waals surface area (Å²) in [5, 5.41) is 10.8. The highest BCUT2D eigenvalue weighted by Gasteiger charge is 2.44. The Balaban J connectivity index is 0.927. The highest BCUT2D eigenvalue weighted by Crippen LogP contribution is 2.46. The Hall–Kier alpha value is -6.15. The van der Waals surface area contributed by atoms with Crippen LogP contribution < -0.4 is 32.8 Å². The monoisotopic (exact) mass is 852 g/mol. The Bertz CT molecular complexity index is 4050. The zero-order valence-electron chi connectivity index (χ0n) is 32.7. The highest BCUT2D eigenvalue weighted by molar-refractivity contribution is 8.01. The first-order valence-corrected chi connectivity index (χ1v) is 24.6. The average molecular weight is 853 g/mol. The van der Waals surface area contributed by atoms with Gasteiger partial charge in [0.15, 0.2) is 0 Å². The molecule has 17 rings (SSSR count). The van der Waals surface area contributed by atoms with E-state index in [9.17, 15) is 0 Å². The van der Waals surface area contributed by atoms with Crippen molar-refractivity contribution in [2.75, 3.05) is 0 Å². The summed E-state index contributed by atoms with van der Waals surface area (Å²) in [5.41, 5.74) is 16.6. The number of thiophene rings is 2. The van der Waals surface area contributed by atoms with Gasteiger partial charge in [0, 0.05) is 104 Å². The van der Waals surface area contributed by atoms with Gasteiger partial charge in [-0.2, -0.15) is 0 Å². The van der Waals surface area contributed by atoms with Gasteiger partial charge in [0.05, 0.1) is 11.0 Å². The smallest absolute Gasteiger partial charge is 0.249 e. The SMILES string of the molecule is c1cc2c3c(c1)-n1c4cc5sc6ccccc6c5cc4c4cccc(c41)B3c1cc3c(cc1S2)Sc1cccc2c1B3c1cccc3c4cc5c(cc4n-2c13)sc1ccccc15. The van der Waals surface area contributed by atoms with Crippen LogP contribution >= 0.6 is 46.2 Å². The molecule has 8 heteroatoms. The molecule has 8 heterocycles. The van der Waals surface area contributed by atoms with Crippen LogP contribution in [0.3, 0.4) is 0 Å². The van der Waals surface area contributed by atoms with Crippen LogP contribution in [-0.2, 0) is 0 Å². The Morgan fingerprint density at radius 2 is 0.790 bits per heavy atom. The summed E-state index contributed by atoms with van der Waals surface area (Å²) >= 11 is 7.76. The van der Waals surface area contributed by atoms with E-state index in [1.165, 1.54) is 148 Å². The summed E-state index contributed by atoms with van der Waals surface area (Å²) in [6.45, 7) is 0.279. The standard InChI is InChI=1S/C54H26B2N2S4/c1-3-17-43-27(9-1)33-21-31-29-11-5-13-35-53(29)57(41(31)24-47(33)59-43)39-15-7-19-45-51(39)55(35)37-23-38-50(26-49(37)61-45)62-46-20-8-16-40-52(46)56(38)36-14-6-12-30-32-22-34-28-10-2-4-18-44(28)60-48(34)25-42(32)58(40)54(30)36/h1-26H. The molecule has 0 spiro atoms. The molecule has 0 N–H and O–H groups in total. The van der Waals surface area contributed by atoms with Crippen LogP contribution in [0, 0.1) is 0 Å². The van der Waals surface area contributed by atoms with Crippen LogP contribution in [0.25, 0.3) is 95.3 Å². The van der Waals surface area contributed by atoms with E-state index < -0.39 is 0 Å². The number of rotatable bonds is 0. The minimum Gasteiger partial charge on any atom is -0.310 e. The normalized spacial score (nSPS) is 14.3. The van der Waals surface area contributed by atoms with Gasteiger partial charge < -0.3 is 9.13 Å². The summed E-state index contributed by atoms with van der Waals surface area (Å²) in [4.78, 5) is 5.51. The van der Waals surface area contributed by atoms with Crippen molar-refractivity contribution >= 4 is 176 Å². The van der Waals surface area contributed by atoms with E-state index in [0.29, 0.717) is 0 Å². The molecule has 2 nitrogen and oxygen atoms in total. The molecule has 0 unspecified atom stereocenters. The second-order valence-corrected chi connectivity index (χ2v) is 21.8. The Labute approximate surface area is 371 Å². The number of hydrogen-bond acceptors (Lipinski definition) is 4. The molecule has 282 valence electrons. The number of hydrogen-bond donors (Lipinski definition) is 0. The quantitative estimate of drug-likeness (QED) is 0.141. The molecular weight excluding hydrogens is 826 g/mol. The molecule has 0 fully saturated rings. The molecule has 62 heavy (non-hydrogen) atoms. The topological polar surface area (TPSA) is 9.86 Å². The molecule has 0 radical (unpaired) electrons. The van der Waals surface area contributed by atoms with Crippen molar-refractivity contribution in [1.82, 2.24) is 9.13 Å². The molecule has 0 saturated heterocycles. The minimum atomic E-state index is 0.139. The number of fused-ring (bicyclic) bond motifs is 20. The van der Waals surface area contributed by atoms with E-state index in [1.807, 2.05) is 46.2 Å². The fraction of sp³-hybridized carbons (Fsp3) is 0. The molecule has 0 saturated carbocycles. The van der Waals surface area contributed by atoms with Crippen LogP contribution in [0.4, 0.5) is 0 Å². The van der Waals surface area contributed by atoms with E-state index >= 15 is 0 Å². The third-order valence-corrected chi connectivity index (χ3v) is 19.2. The molecule has 0 bridgehead atoms. The van der Waals surface area contributed by atoms with Crippen LogP contribution in [0.1, 0.15) is 0 Å². The van der Waals surface area contributed by atoms with Gasteiger partial charge in [-0.3, -0.25) is 0 Å². The predicted molar refractivity (Wildman–Crippen MR) is 271 cm³/mol. The van der Waals surface area contributed by atoms with Gasteiger partial charge in [0.25, 0.3) is 0 Å². The van der Waals surface area contributed by atoms with E-state index in [2.05, 4.69) is 167 Å². The highest BCUT2D eigenvalue weighted by atomic mass is 32.2. The van der Waals surface area contributed by atoms with Gasteiger partial charge in [-0.15, -0.1) is 22.7 Å². The molecule has 0 aliphatic carbocycles. The third kappa shape index (κ3) is 3.77. The molecule has 0 atom stereocenters. The summed E-state index contributed by atoms with van der Waals surface area (Å²) in [5.74, 6) is 0. The summed E-state index contributed by atoms with van der Waals surface area (Å²) in [7, 11) is 0. The second kappa shape index (κ2) is 11.1. The first-order chi connectivity index (χ1) is 30.7. The van der Waals surface area contributed by atoms with Gasteiger partial charge in [-0.25, -0.2) is 0 Å². The van der Waals surface area contributed by atoms with Crippen molar-refractivity contribution in [3.63, 3.8) is 0 Å². The summed E-state index contributed by atoms with van der Waals surface area (Å²) in [6, 6.07) is 61.1. The summed E-state index contributed by atoms with van der Waals surface area (Å²) in [6.07, 6.45) is 0. The van der Waals surface area contributed by atoms with Crippen molar-refractivity contribution in [1.29, 1.82) is 0 Å². The van der Waals surface area contributed by atoms with Crippen LogP contribution in [-0.4, -0.2) is 22.6 Å². The van der Waals surface area contributed by atoms with Gasteiger partial charge in [-0.1, -0.05) is 125 Å².